The Kier molecular flexibility index (Phi) is 15.1. The number of piperidine rings is 1. The van der Waals surface area contributed by atoms with Crippen molar-refractivity contribution in [1.82, 2.24) is 20.9 Å². The van der Waals surface area contributed by atoms with Gasteiger partial charge in [-0.05, 0) is 51.1 Å². The molecule has 1 aromatic carbocycles. The molecule has 0 spiro atoms. The van der Waals surface area contributed by atoms with E-state index in [-0.39, 0.29) is 44.1 Å². The molecule has 44 heavy (non-hydrogen) atoms. The zero-order valence-corrected chi connectivity index (χ0v) is 25.4. The Morgan fingerprint density at radius 1 is 1.05 bits per heavy atom. The predicted molar refractivity (Wildman–Crippen MR) is 163 cm³/mol. The highest BCUT2D eigenvalue weighted by atomic mass is 16.5. The van der Waals surface area contributed by atoms with Crippen LogP contribution in [0.4, 0.5) is 0 Å². The van der Waals surface area contributed by atoms with Gasteiger partial charge in [0, 0.05) is 33.0 Å². The normalized spacial score (nSPS) is 18.4. The molecule has 1 saturated heterocycles. The SMILES string of the molecule is CN[C@@H](Cc1ccccc1)C(=O)N[C@@H](CCCN=C(N)N)C(=O)N1CCC[C@H](OC)[C@@H]1CC(=O)N[C@@H](CCC(N)=O)C(=O)O. The van der Waals surface area contributed by atoms with Crippen molar-refractivity contribution >= 4 is 35.6 Å². The molecule has 1 aliphatic heterocycles. The number of ether oxygens (including phenoxy) is 1. The molecule has 0 bridgehead atoms. The number of methoxy groups -OCH3 is 1. The van der Waals surface area contributed by atoms with Crippen molar-refractivity contribution < 1.29 is 33.8 Å². The molecule has 5 atom stereocenters. The maximum absolute atomic E-state index is 14.1. The number of carboxylic acids is 1. The summed E-state index contributed by atoms with van der Waals surface area (Å²) in [5.74, 6) is -3.48. The van der Waals surface area contributed by atoms with E-state index in [0.717, 1.165) is 5.56 Å². The minimum Gasteiger partial charge on any atom is -0.480 e. The molecular formula is C29H46N8O7. The molecule has 0 radical (unpaired) electrons. The van der Waals surface area contributed by atoms with Crippen LogP contribution in [-0.2, 0) is 35.1 Å². The maximum atomic E-state index is 14.1. The monoisotopic (exact) mass is 618 g/mol. The lowest BCUT2D eigenvalue weighted by molar-refractivity contribution is -0.147. The summed E-state index contributed by atoms with van der Waals surface area (Å²) in [6.45, 7) is 0.552. The first kappa shape index (κ1) is 36.0. The highest BCUT2D eigenvalue weighted by Crippen LogP contribution is 2.24. The molecule has 0 unspecified atom stereocenters. The molecule has 15 heteroatoms. The minimum atomic E-state index is -1.32. The van der Waals surface area contributed by atoms with Gasteiger partial charge in [-0.2, -0.15) is 0 Å². The van der Waals surface area contributed by atoms with Crippen molar-refractivity contribution in [2.75, 3.05) is 27.2 Å². The fraction of sp³-hybridized carbons (Fsp3) is 0.586. The number of nitrogens with two attached hydrogens (primary N) is 3. The highest BCUT2D eigenvalue weighted by Gasteiger charge is 2.39. The molecule has 15 nitrogen and oxygen atoms in total. The minimum absolute atomic E-state index is 0.0874. The number of guanidine groups is 1. The van der Waals surface area contributed by atoms with Crippen molar-refractivity contribution in [3.8, 4) is 0 Å². The van der Waals surface area contributed by atoms with Crippen molar-refractivity contribution in [3.05, 3.63) is 35.9 Å². The Bertz CT molecular complexity index is 1150. The molecule has 2 rings (SSSR count). The van der Waals surface area contributed by atoms with E-state index in [1.165, 1.54) is 12.0 Å². The van der Waals surface area contributed by atoms with Gasteiger partial charge in [-0.25, -0.2) is 4.79 Å². The third kappa shape index (κ3) is 11.8. The van der Waals surface area contributed by atoms with Crippen LogP contribution in [0.1, 0.15) is 50.5 Å². The van der Waals surface area contributed by atoms with Gasteiger partial charge in [-0.1, -0.05) is 30.3 Å². The molecule has 1 aromatic rings. The maximum Gasteiger partial charge on any atom is 0.326 e. The number of aliphatic carboxylic acids is 1. The number of likely N-dealkylation sites (N-methyl/N-ethyl adjacent to an activating group) is 1. The fourth-order valence-electron chi connectivity index (χ4n) is 5.21. The van der Waals surface area contributed by atoms with Crippen molar-refractivity contribution in [2.24, 2.45) is 22.2 Å². The number of rotatable bonds is 18. The Morgan fingerprint density at radius 2 is 1.75 bits per heavy atom. The molecule has 1 aliphatic rings. The number of carboxylic acid groups (broad SMARTS) is 1. The number of amides is 4. The number of nitrogens with one attached hydrogen (secondary N) is 3. The Balaban J connectivity index is 2.26. The summed E-state index contributed by atoms with van der Waals surface area (Å²) in [5, 5.41) is 17.8. The van der Waals surface area contributed by atoms with Crippen LogP contribution >= 0.6 is 0 Å². The number of primary amides is 1. The lowest BCUT2D eigenvalue weighted by Crippen LogP contribution is -2.60. The van der Waals surface area contributed by atoms with E-state index >= 15 is 0 Å². The quantitative estimate of drug-likeness (QED) is 0.0575. The number of likely N-dealkylation sites (tertiary alicyclic amines) is 1. The van der Waals surface area contributed by atoms with Crippen molar-refractivity contribution in [3.63, 3.8) is 0 Å². The number of carbonyl (C=O) groups excluding carboxylic acids is 4. The van der Waals surface area contributed by atoms with Gasteiger partial charge in [0.1, 0.15) is 12.1 Å². The molecular weight excluding hydrogens is 572 g/mol. The van der Waals surface area contributed by atoms with Crippen molar-refractivity contribution in [2.45, 2.75) is 81.6 Å². The second-order valence-corrected chi connectivity index (χ2v) is 10.7. The van der Waals surface area contributed by atoms with Crippen LogP contribution in [0.25, 0.3) is 0 Å². The molecule has 1 heterocycles. The van der Waals surface area contributed by atoms with Crippen LogP contribution in [0, 0.1) is 0 Å². The van der Waals surface area contributed by atoms with Gasteiger partial charge in [-0.3, -0.25) is 24.2 Å². The van der Waals surface area contributed by atoms with Crippen LogP contribution < -0.4 is 33.2 Å². The highest BCUT2D eigenvalue weighted by molar-refractivity contribution is 5.91. The van der Waals surface area contributed by atoms with Crippen LogP contribution in [0.3, 0.4) is 0 Å². The van der Waals surface area contributed by atoms with E-state index in [0.29, 0.717) is 32.2 Å². The molecule has 0 saturated carbocycles. The molecule has 10 N–H and O–H groups in total. The summed E-state index contributed by atoms with van der Waals surface area (Å²) < 4.78 is 5.63. The third-order valence-electron chi connectivity index (χ3n) is 7.52. The Morgan fingerprint density at radius 3 is 2.34 bits per heavy atom. The fourth-order valence-corrected chi connectivity index (χ4v) is 5.21. The van der Waals surface area contributed by atoms with Crippen molar-refractivity contribution in [1.29, 1.82) is 0 Å². The molecule has 0 aromatic heterocycles. The molecule has 4 amide bonds. The van der Waals surface area contributed by atoms with Gasteiger partial charge in [0.2, 0.25) is 23.6 Å². The standard InChI is InChI=1S/C29H46N8O7/c1-33-21(16-18-8-4-3-5-9-18)26(40)36-19(10-6-14-34-29(31)32)27(41)37-15-7-11-23(44-2)22(37)17-25(39)35-20(28(42)43)12-13-24(30)38/h3-5,8-9,19-23,33H,6-7,10-17H2,1-2H3,(H2,30,38)(H,35,39)(H,36,40)(H,42,43)(H4,31,32,34)/t19-,20-,21-,22-,23-/m0/s1. The number of hydrogen-bond donors (Lipinski definition) is 7. The first-order valence-corrected chi connectivity index (χ1v) is 14.7. The zero-order valence-electron chi connectivity index (χ0n) is 25.4. The second kappa shape index (κ2) is 18.4. The Hall–Kier alpha value is -4.24. The van der Waals surface area contributed by atoms with Crippen LogP contribution in [0.15, 0.2) is 35.3 Å². The van der Waals surface area contributed by atoms with Gasteiger partial charge in [0.25, 0.3) is 0 Å². The average molecular weight is 619 g/mol. The van der Waals surface area contributed by atoms with Gasteiger partial charge in [0.15, 0.2) is 5.96 Å². The lowest BCUT2D eigenvalue weighted by Gasteiger charge is -2.42. The first-order chi connectivity index (χ1) is 21.0. The number of aliphatic imine (C=N–C) groups is 1. The van der Waals surface area contributed by atoms with Gasteiger partial charge >= 0.3 is 5.97 Å². The molecule has 0 aliphatic carbocycles. The van der Waals surface area contributed by atoms with E-state index in [9.17, 15) is 29.1 Å². The largest absolute Gasteiger partial charge is 0.480 e. The smallest absolute Gasteiger partial charge is 0.326 e. The number of hydrogen-bond acceptors (Lipinski definition) is 8. The summed E-state index contributed by atoms with van der Waals surface area (Å²) in [4.78, 5) is 68.8. The number of nitrogens with zero attached hydrogens (tertiary/aromatic N) is 2. The van der Waals surface area contributed by atoms with Crippen LogP contribution in [-0.4, -0.2) is 103 Å². The first-order valence-electron chi connectivity index (χ1n) is 14.7. The van der Waals surface area contributed by atoms with Gasteiger partial charge in [0.05, 0.1) is 18.2 Å². The summed E-state index contributed by atoms with van der Waals surface area (Å²) in [7, 11) is 3.14. The molecule has 1 fully saturated rings. The number of carbonyl (C=O) groups is 5. The van der Waals surface area contributed by atoms with E-state index in [1.807, 2.05) is 30.3 Å². The predicted octanol–water partition coefficient (Wildman–Crippen LogP) is -1.41. The zero-order chi connectivity index (χ0) is 32.6. The Labute approximate surface area is 257 Å². The summed E-state index contributed by atoms with van der Waals surface area (Å²) in [6.07, 6.45) is 1.05. The number of benzene rings is 1. The summed E-state index contributed by atoms with van der Waals surface area (Å²) >= 11 is 0. The van der Waals surface area contributed by atoms with E-state index in [1.54, 1.807) is 7.05 Å². The second-order valence-electron chi connectivity index (χ2n) is 10.7. The summed E-state index contributed by atoms with van der Waals surface area (Å²) in [5.41, 5.74) is 17.0. The van der Waals surface area contributed by atoms with E-state index in [2.05, 4.69) is 20.9 Å². The topological polar surface area (TPSA) is 245 Å². The van der Waals surface area contributed by atoms with E-state index in [4.69, 9.17) is 21.9 Å². The van der Waals surface area contributed by atoms with Crippen LogP contribution in [0.5, 0.6) is 0 Å². The molecule has 244 valence electrons. The van der Waals surface area contributed by atoms with Crippen LogP contribution in [0.2, 0.25) is 0 Å². The van der Waals surface area contributed by atoms with E-state index < -0.39 is 54.0 Å². The summed E-state index contributed by atoms with van der Waals surface area (Å²) in [6, 6.07) is 5.84. The third-order valence-corrected chi connectivity index (χ3v) is 7.52. The van der Waals surface area contributed by atoms with Gasteiger partial charge in [-0.15, -0.1) is 0 Å². The van der Waals surface area contributed by atoms with Gasteiger partial charge < -0.3 is 47.9 Å². The average Bonchev–Trinajstić information content (AvgIpc) is 2.99. The lowest BCUT2D eigenvalue weighted by atomic mass is 9.93.